The highest BCUT2D eigenvalue weighted by Crippen LogP contribution is 2.25. The summed E-state index contributed by atoms with van der Waals surface area (Å²) >= 11 is 0. The molecule has 3 aromatic rings. The minimum absolute atomic E-state index is 0.375. The van der Waals surface area contributed by atoms with Crippen LogP contribution in [0.5, 0.6) is 5.75 Å². The van der Waals surface area contributed by atoms with E-state index in [0.717, 1.165) is 11.7 Å². The van der Waals surface area contributed by atoms with Gasteiger partial charge in [0, 0.05) is 30.4 Å². The van der Waals surface area contributed by atoms with Crippen molar-refractivity contribution in [2.45, 2.75) is 13.3 Å². The van der Waals surface area contributed by atoms with Gasteiger partial charge in [-0.05, 0) is 48.2 Å². The smallest absolute Gasteiger partial charge is 0.123 e. The molecule has 0 saturated heterocycles. The summed E-state index contributed by atoms with van der Waals surface area (Å²) in [4.78, 5) is 2.14. The molecular formula is C22H24NOP. The number of nitrogens with zero attached hydrogens (tertiary/aromatic N) is 1. The molecule has 0 heterocycles. The second-order valence-corrected chi connectivity index (χ2v) is 7.88. The number of benzene rings is 3. The molecular weight excluding hydrogens is 325 g/mol. The standard InChI is InChI=1S/C22H24NOP/c1-16-9-12-21(19(13-16)23(2)3)25-22-15-18(10-11-20(22)24)14-17-7-5-4-6-8-17/h4-13,15,24-25H,14H2,1-3H3. The van der Waals surface area contributed by atoms with E-state index in [-0.39, 0.29) is 0 Å². The normalized spacial score (nSPS) is 11.2. The first-order chi connectivity index (χ1) is 12.0. The van der Waals surface area contributed by atoms with Gasteiger partial charge in [-0.25, -0.2) is 0 Å². The topological polar surface area (TPSA) is 23.5 Å². The summed E-state index contributed by atoms with van der Waals surface area (Å²) in [6.07, 6.45) is 0.882. The highest BCUT2D eigenvalue weighted by Gasteiger charge is 2.10. The predicted octanol–water partition coefficient (Wildman–Crippen LogP) is 3.99. The van der Waals surface area contributed by atoms with E-state index in [0.29, 0.717) is 14.3 Å². The molecule has 128 valence electrons. The fourth-order valence-corrected chi connectivity index (χ4v) is 4.24. The van der Waals surface area contributed by atoms with E-state index in [1.54, 1.807) is 0 Å². The third-order valence-corrected chi connectivity index (χ3v) is 5.58. The third kappa shape index (κ3) is 4.41. The zero-order valence-electron chi connectivity index (χ0n) is 15.0. The van der Waals surface area contributed by atoms with Gasteiger partial charge in [0.05, 0.1) is 0 Å². The number of aryl methyl sites for hydroxylation is 1. The van der Waals surface area contributed by atoms with Crippen molar-refractivity contribution in [3.05, 3.63) is 83.4 Å². The lowest BCUT2D eigenvalue weighted by Crippen LogP contribution is -2.18. The second kappa shape index (κ2) is 7.72. The summed E-state index contributed by atoms with van der Waals surface area (Å²) in [5, 5.41) is 12.6. The summed E-state index contributed by atoms with van der Waals surface area (Å²) in [5.41, 5.74) is 4.97. The molecule has 0 aliphatic carbocycles. The molecule has 0 aromatic heterocycles. The molecule has 0 fully saturated rings. The minimum Gasteiger partial charge on any atom is -0.507 e. The number of hydrogen-bond donors (Lipinski definition) is 1. The van der Waals surface area contributed by atoms with Crippen LogP contribution in [0, 0.1) is 6.92 Å². The number of phenols is 1. The van der Waals surface area contributed by atoms with Gasteiger partial charge in [-0.15, -0.1) is 0 Å². The van der Waals surface area contributed by atoms with Crippen LogP contribution in [0.25, 0.3) is 0 Å². The van der Waals surface area contributed by atoms with Crippen LogP contribution in [0.15, 0.2) is 66.7 Å². The van der Waals surface area contributed by atoms with Crippen LogP contribution < -0.4 is 15.5 Å². The maximum Gasteiger partial charge on any atom is 0.123 e. The minimum atomic E-state index is 0.375. The van der Waals surface area contributed by atoms with E-state index in [1.807, 2.05) is 18.2 Å². The Morgan fingerprint density at radius 2 is 1.60 bits per heavy atom. The molecule has 3 heteroatoms. The summed E-state index contributed by atoms with van der Waals surface area (Å²) in [5.74, 6) is 0.375. The van der Waals surface area contributed by atoms with Crippen LogP contribution in [-0.4, -0.2) is 19.2 Å². The van der Waals surface area contributed by atoms with Crippen molar-refractivity contribution >= 4 is 24.9 Å². The van der Waals surface area contributed by atoms with Gasteiger partial charge in [0.15, 0.2) is 0 Å². The molecule has 1 atom stereocenters. The SMILES string of the molecule is Cc1ccc(Pc2cc(Cc3ccccc3)ccc2O)c(N(C)C)c1. The van der Waals surface area contributed by atoms with Crippen LogP contribution >= 0.6 is 8.58 Å². The Kier molecular flexibility index (Phi) is 5.40. The molecule has 0 bridgehead atoms. The molecule has 0 amide bonds. The molecule has 0 aliphatic rings. The number of aromatic hydroxyl groups is 1. The largest absolute Gasteiger partial charge is 0.507 e. The number of rotatable bonds is 5. The average molecular weight is 349 g/mol. The molecule has 0 radical (unpaired) electrons. The highest BCUT2D eigenvalue weighted by atomic mass is 31.1. The quantitative estimate of drug-likeness (QED) is 0.704. The Labute approximate surface area is 151 Å². The lowest BCUT2D eigenvalue weighted by molar-refractivity contribution is 0.479. The molecule has 3 aromatic carbocycles. The monoisotopic (exact) mass is 349 g/mol. The van der Waals surface area contributed by atoms with Crippen LogP contribution in [-0.2, 0) is 6.42 Å². The van der Waals surface area contributed by atoms with Crippen molar-refractivity contribution in [3.63, 3.8) is 0 Å². The van der Waals surface area contributed by atoms with Gasteiger partial charge in [-0.2, -0.15) is 0 Å². The van der Waals surface area contributed by atoms with Crippen LogP contribution in [0.1, 0.15) is 16.7 Å². The average Bonchev–Trinajstić information content (AvgIpc) is 2.60. The van der Waals surface area contributed by atoms with E-state index in [9.17, 15) is 5.11 Å². The maximum atomic E-state index is 10.3. The first-order valence-electron chi connectivity index (χ1n) is 8.44. The number of anilines is 1. The first kappa shape index (κ1) is 17.5. The van der Waals surface area contributed by atoms with Gasteiger partial charge < -0.3 is 10.0 Å². The van der Waals surface area contributed by atoms with Crippen molar-refractivity contribution in [1.82, 2.24) is 0 Å². The van der Waals surface area contributed by atoms with Gasteiger partial charge in [0.2, 0.25) is 0 Å². The van der Waals surface area contributed by atoms with E-state index < -0.39 is 0 Å². The van der Waals surface area contributed by atoms with Crippen molar-refractivity contribution in [2.24, 2.45) is 0 Å². The van der Waals surface area contributed by atoms with Gasteiger partial charge in [0.1, 0.15) is 5.75 Å². The number of phenolic OH excluding ortho intramolecular Hbond substituents is 1. The number of hydrogen-bond acceptors (Lipinski definition) is 2. The van der Waals surface area contributed by atoms with Crippen molar-refractivity contribution < 1.29 is 5.11 Å². The molecule has 0 spiro atoms. The molecule has 3 rings (SSSR count). The van der Waals surface area contributed by atoms with E-state index in [1.165, 1.54) is 27.7 Å². The van der Waals surface area contributed by atoms with Crippen LogP contribution in [0.2, 0.25) is 0 Å². The van der Waals surface area contributed by atoms with E-state index in [2.05, 4.69) is 74.4 Å². The van der Waals surface area contributed by atoms with Gasteiger partial charge in [-0.3, -0.25) is 0 Å². The predicted molar refractivity (Wildman–Crippen MR) is 110 cm³/mol. The Balaban J connectivity index is 1.89. The fraction of sp³-hybridized carbons (Fsp3) is 0.182. The Hall–Kier alpha value is -2.31. The fourth-order valence-electron chi connectivity index (χ4n) is 2.89. The summed E-state index contributed by atoms with van der Waals surface area (Å²) in [6.45, 7) is 2.11. The molecule has 2 nitrogen and oxygen atoms in total. The lowest BCUT2D eigenvalue weighted by Gasteiger charge is -2.19. The first-order valence-corrected chi connectivity index (χ1v) is 9.44. The van der Waals surface area contributed by atoms with E-state index >= 15 is 0 Å². The zero-order valence-corrected chi connectivity index (χ0v) is 16.0. The van der Waals surface area contributed by atoms with Gasteiger partial charge in [0.25, 0.3) is 0 Å². The van der Waals surface area contributed by atoms with Gasteiger partial charge in [-0.1, -0.05) is 57.1 Å². The molecule has 1 unspecified atom stereocenters. The molecule has 25 heavy (non-hydrogen) atoms. The maximum absolute atomic E-state index is 10.3. The molecule has 1 N–H and O–H groups in total. The summed E-state index contributed by atoms with van der Waals surface area (Å²) in [7, 11) is 4.56. The Morgan fingerprint density at radius 3 is 2.32 bits per heavy atom. The molecule has 0 aliphatic heterocycles. The van der Waals surface area contributed by atoms with Gasteiger partial charge >= 0.3 is 0 Å². The van der Waals surface area contributed by atoms with Crippen LogP contribution in [0.3, 0.4) is 0 Å². The lowest BCUT2D eigenvalue weighted by atomic mass is 10.1. The van der Waals surface area contributed by atoms with Crippen LogP contribution in [0.4, 0.5) is 5.69 Å². The van der Waals surface area contributed by atoms with Crippen molar-refractivity contribution in [2.75, 3.05) is 19.0 Å². The zero-order chi connectivity index (χ0) is 17.8. The third-order valence-electron chi connectivity index (χ3n) is 4.22. The summed E-state index contributed by atoms with van der Waals surface area (Å²) < 4.78 is 0. The Bertz CT molecular complexity index is 859. The highest BCUT2D eigenvalue weighted by molar-refractivity contribution is 7.56. The molecule has 0 saturated carbocycles. The van der Waals surface area contributed by atoms with Crippen molar-refractivity contribution in [1.29, 1.82) is 0 Å². The van der Waals surface area contributed by atoms with Crippen molar-refractivity contribution in [3.8, 4) is 5.75 Å². The van der Waals surface area contributed by atoms with E-state index in [4.69, 9.17) is 0 Å². The second-order valence-electron chi connectivity index (χ2n) is 6.55. The summed E-state index contributed by atoms with van der Waals surface area (Å²) in [6, 6.07) is 22.9. The Morgan fingerprint density at radius 1 is 0.840 bits per heavy atom.